The third-order valence-electron chi connectivity index (χ3n) is 4.67. The molecule has 0 bridgehead atoms. The minimum absolute atomic E-state index is 0.157. The topological polar surface area (TPSA) is 58.2 Å². The van der Waals surface area contributed by atoms with Crippen molar-refractivity contribution in [2.24, 2.45) is 0 Å². The zero-order chi connectivity index (χ0) is 20.1. The maximum Gasteiger partial charge on any atom is 0.251 e. The van der Waals surface area contributed by atoms with Gasteiger partial charge >= 0.3 is 0 Å². The minimum Gasteiger partial charge on any atom is -0.352 e. The number of amides is 2. The Balaban J connectivity index is 1.52. The number of hydrogen-bond donors (Lipinski definition) is 2. The lowest BCUT2D eigenvalue weighted by atomic mass is 9.94. The highest BCUT2D eigenvalue weighted by Gasteiger charge is 2.22. The number of rotatable bonds is 6. The first kappa shape index (κ1) is 19.5. The van der Waals surface area contributed by atoms with E-state index < -0.39 is 5.54 Å². The summed E-state index contributed by atoms with van der Waals surface area (Å²) >= 11 is 0. The van der Waals surface area contributed by atoms with Crippen molar-refractivity contribution < 1.29 is 14.0 Å². The molecule has 0 aliphatic rings. The van der Waals surface area contributed by atoms with Gasteiger partial charge in [-0.3, -0.25) is 9.59 Å². The summed E-state index contributed by atoms with van der Waals surface area (Å²) in [6.07, 6.45) is 0.157. The third kappa shape index (κ3) is 4.74. The van der Waals surface area contributed by atoms with E-state index in [-0.39, 0.29) is 30.6 Å². The summed E-state index contributed by atoms with van der Waals surface area (Å²) in [6.45, 7) is 3.94. The molecule has 3 aromatic rings. The Hall–Kier alpha value is -3.21. The summed E-state index contributed by atoms with van der Waals surface area (Å²) in [7, 11) is 0. The lowest BCUT2D eigenvalue weighted by Crippen LogP contribution is -2.42. The standard InChI is InChI=1S/C23H23FN2O2/c1-23(2,19-9-11-20(24)12-10-19)26-21(27)13-14-25-22(28)18-8-7-16-5-3-4-6-17(16)15-18/h3-12,15H,13-14H2,1-2H3,(H,25,28)(H,26,27). The van der Waals surface area contributed by atoms with Crippen LogP contribution in [0.2, 0.25) is 0 Å². The summed E-state index contributed by atoms with van der Waals surface area (Å²) < 4.78 is 13.1. The fraction of sp³-hybridized carbons (Fsp3) is 0.217. The molecule has 3 rings (SSSR count). The van der Waals surface area contributed by atoms with Gasteiger partial charge in [0.1, 0.15) is 5.82 Å². The number of fused-ring (bicyclic) bond motifs is 1. The Bertz CT molecular complexity index is 997. The molecule has 0 atom stereocenters. The highest BCUT2D eigenvalue weighted by atomic mass is 19.1. The predicted octanol–water partition coefficient (Wildman–Crippen LogP) is 4.15. The average molecular weight is 378 g/mol. The van der Waals surface area contributed by atoms with Gasteiger partial charge in [-0.1, -0.05) is 42.5 Å². The van der Waals surface area contributed by atoms with Crippen molar-refractivity contribution in [2.45, 2.75) is 25.8 Å². The van der Waals surface area contributed by atoms with Gasteiger partial charge in [-0.25, -0.2) is 4.39 Å². The van der Waals surface area contributed by atoms with Crippen LogP contribution in [0.1, 0.15) is 36.2 Å². The number of hydrogen-bond acceptors (Lipinski definition) is 2. The molecule has 0 heterocycles. The van der Waals surface area contributed by atoms with Crippen LogP contribution < -0.4 is 10.6 Å². The number of nitrogens with one attached hydrogen (secondary N) is 2. The Morgan fingerprint density at radius 3 is 2.32 bits per heavy atom. The molecule has 5 heteroatoms. The quantitative estimate of drug-likeness (QED) is 0.677. The van der Waals surface area contributed by atoms with Crippen LogP contribution in [0.4, 0.5) is 4.39 Å². The molecule has 0 aromatic heterocycles. The Morgan fingerprint density at radius 2 is 1.61 bits per heavy atom. The molecule has 0 spiro atoms. The third-order valence-corrected chi connectivity index (χ3v) is 4.67. The van der Waals surface area contributed by atoms with Crippen LogP contribution in [0.15, 0.2) is 66.7 Å². The van der Waals surface area contributed by atoms with Gasteiger partial charge in [-0.05, 0) is 54.4 Å². The molecule has 0 unspecified atom stereocenters. The second-order valence-corrected chi connectivity index (χ2v) is 7.25. The van der Waals surface area contributed by atoms with Crippen LogP contribution in [0.5, 0.6) is 0 Å². The second kappa shape index (κ2) is 8.21. The van der Waals surface area contributed by atoms with E-state index in [2.05, 4.69) is 10.6 Å². The van der Waals surface area contributed by atoms with Gasteiger partial charge in [0.25, 0.3) is 5.91 Å². The van der Waals surface area contributed by atoms with Gasteiger partial charge in [0.2, 0.25) is 5.91 Å². The molecule has 0 fully saturated rings. The fourth-order valence-electron chi connectivity index (χ4n) is 3.07. The van der Waals surface area contributed by atoms with Crippen molar-refractivity contribution >= 4 is 22.6 Å². The molecule has 2 N–H and O–H groups in total. The van der Waals surface area contributed by atoms with Gasteiger partial charge in [-0.2, -0.15) is 0 Å². The van der Waals surface area contributed by atoms with Crippen LogP contribution in [0, 0.1) is 5.82 Å². The Kier molecular flexibility index (Phi) is 5.73. The largest absolute Gasteiger partial charge is 0.352 e. The van der Waals surface area contributed by atoms with E-state index in [4.69, 9.17) is 0 Å². The molecule has 0 aliphatic carbocycles. The second-order valence-electron chi connectivity index (χ2n) is 7.25. The van der Waals surface area contributed by atoms with E-state index in [1.165, 1.54) is 12.1 Å². The minimum atomic E-state index is -0.632. The summed E-state index contributed by atoms with van der Waals surface area (Å²) in [5.74, 6) is -0.716. The lowest BCUT2D eigenvalue weighted by Gasteiger charge is -2.27. The monoisotopic (exact) mass is 378 g/mol. The van der Waals surface area contributed by atoms with E-state index in [1.54, 1.807) is 18.2 Å². The fourth-order valence-corrected chi connectivity index (χ4v) is 3.07. The molecule has 0 radical (unpaired) electrons. The van der Waals surface area contributed by atoms with Crippen molar-refractivity contribution in [3.8, 4) is 0 Å². The van der Waals surface area contributed by atoms with Crippen molar-refractivity contribution in [2.75, 3.05) is 6.54 Å². The molecular weight excluding hydrogens is 355 g/mol. The lowest BCUT2D eigenvalue weighted by molar-refractivity contribution is -0.122. The van der Waals surface area contributed by atoms with Gasteiger partial charge in [-0.15, -0.1) is 0 Å². The maximum atomic E-state index is 13.1. The molecular formula is C23H23FN2O2. The first-order valence-electron chi connectivity index (χ1n) is 9.19. The van der Waals surface area contributed by atoms with Gasteiger partial charge < -0.3 is 10.6 Å². The van der Waals surface area contributed by atoms with Crippen LogP contribution in [0.3, 0.4) is 0 Å². The number of halogens is 1. The zero-order valence-corrected chi connectivity index (χ0v) is 16.0. The SMILES string of the molecule is CC(C)(NC(=O)CCNC(=O)c1ccc2ccccc2c1)c1ccc(F)cc1. The van der Waals surface area contributed by atoms with E-state index in [9.17, 15) is 14.0 Å². The summed E-state index contributed by atoms with van der Waals surface area (Å²) in [5, 5.41) is 7.76. The van der Waals surface area contributed by atoms with Crippen molar-refractivity contribution in [3.63, 3.8) is 0 Å². The molecule has 0 saturated heterocycles. The maximum absolute atomic E-state index is 13.1. The zero-order valence-electron chi connectivity index (χ0n) is 16.0. The molecule has 4 nitrogen and oxygen atoms in total. The molecule has 144 valence electrons. The van der Waals surface area contributed by atoms with Crippen molar-refractivity contribution in [1.29, 1.82) is 0 Å². The number of benzene rings is 3. The Morgan fingerprint density at radius 1 is 0.929 bits per heavy atom. The smallest absolute Gasteiger partial charge is 0.251 e. The molecule has 0 aliphatic heterocycles. The highest BCUT2D eigenvalue weighted by Crippen LogP contribution is 2.20. The number of carbonyl (C=O) groups excluding carboxylic acids is 2. The van der Waals surface area contributed by atoms with Crippen LogP contribution in [0.25, 0.3) is 10.8 Å². The van der Waals surface area contributed by atoms with E-state index >= 15 is 0 Å². The van der Waals surface area contributed by atoms with E-state index in [0.29, 0.717) is 5.56 Å². The molecule has 2 amide bonds. The average Bonchev–Trinajstić information content (AvgIpc) is 2.67. The summed E-state index contributed by atoms with van der Waals surface area (Å²) in [5.41, 5.74) is 0.737. The molecule has 28 heavy (non-hydrogen) atoms. The van der Waals surface area contributed by atoms with Gasteiger partial charge in [0, 0.05) is 18.5 Å². The van der Waals surface area contributed by atoms with Gasteiger partial charge in [0.05, 0.1) is 5.54 Å². The first-order valence-corrected chi connectivity index (χ1v) is 9.19. The summed E-state index contributed by atoms with van der Waals surface area (Å²) in [6, 6.07) is 19.4. The molecule has 3 aromatic carbocycles. The normalized spacial score (nSPS) is 11.2. The van der Waals surface area contributed by atoms with E-state index in [1.807, 2.05) is 50.2 Å². The Labute approximate surface area is 163 Å². The highest BCUT2D eigenvalue weighted by molar-refractivity contribution is 5.98. The van der Waals surface area contributed by atoms with Crippen molar-refractivity contribution in [1.82, 2.24) is 10.6 Å². The number of carbonyl (C=O) groups is 2. The van der Waals surface area contributed by atoms with Gasteiger partial charge in [0.15, 0.2) is 0 Å². The van der Waals surface area contributed by atoms with Crippen LogP contribution in [-0.2, 0) is 10.3 Å². The predicted molar refractivity (Wildman–Crippen MR) is 108 cm³/mol. The van der Waals surface area contributed by atoms with E-state index in [0.717, 1.165) is 16.3 Å². The molecule has 0 saturated carbocycles. The summed E-state index contributed by atoms with van der Waals surface area (Å²) in [4.78, 5) is 24.6. The first-order chi connectivity index (χ1) is 13.3. The van der Waals surface area contributed by atoms with Crippen molar-refractivity contribution in [3.05, 3.63) is 83.7 Å². The van der Waals surface area contributed by atoms with Crippen LogP contribution >= 0.6 is 0 Å². The van der Waals surface area contributed by atoms with Crippen LogP contribution in [-0.4, -0.2) is 18.4 Å².